The van der Waals surface area contributed by atoms with Crippen molar-refractivity contribution in [2.45, 2.75) is 6.10 Å². The van der Waals surface area contributed by atoms with Gasteiger partial charge in [-0.1, -0.05) is 24.4 Å². The first-order valence-electron chi connectivity index (χ1n) is 5.57. The van der Waals surface area contributed by atoms with Crippen LogP contribution in [0.15, 0.2) is 24.3 Å². The second-order valence-corrected chi connectivity index (χ2v) is 4.31. The Labute approximate surface area is 110 Å². The van der Waals surface area contributed by atoms with Crippen LogP contribution in [0.3, 0.4) is 0 Å². The number of hydrogen-bond acceptors (Lipinski definition) is 4. The number of ether oxygens (including phenoxy) is 2. The summed E-state index contributed by atoms with van der Waals surface area (Å²) in [6.07, 6.45) is -0.563. The summed E-state index contributed by atoms with van der Waals surface area (Å²) >= 11 is 4.88. The van der Waals surface area contributed by atoms with Gasteiger partial charge < -0.3 is 20.5 Å². The standard InChI is InChI=1S/C12H14N2O3S/c13-11(18)8-2-1-3-9(6-8)14-12(15)10-7-16-4-5-17-10/h1-3,6,10H,4-5,7H2,(H2,13,18)(H,14,15). The monoisotopic (exact) mass is 266 g/mol. The van der Waals surface area contributed by atoms with Crippen molar-refractivity contribution in [2.24, 2.45) is 5.73 Å². The predicted octanol–water partition coefficient (Wildman–Crippen LogP) is 0.675. The fourth-order valence-corrected chi connectivity index (χ4v) is 1.74. The van der Waals surface area contributed by atoms with Gasteiger partial charge in [-0.2, -0.15) is 0 Å². The zero-order chi connectivity index (χ0) is 13.0. The van der Waals surface area contributed by atoms with Crippen LogP contribution in [0.2, 0.25) is 0 Å². The highest BCUT2D eigenvalue weighted by Gasteiger charge is 2.22. The molecule has 1 amide bonds. The van der Waals surface area contributed by atoms with Gasteiger partial charge in [0.25, 0.3) is 5.91 Å². The molecule has 1 aromatic carbocycles. The van der Waals surface area contributed by atoms with Crippen LogP contribution in [-0.4, -0.2) is 36.8 Å². The largest absolute Gasteiger partial charge is 0.389 e. The second-order valence-electron chi connectivity index (χ2n) is 3.87. The van der Waals surface area contributed by atoms with E-state index in [0.29, 0.717) is 29.5 Å². The fraction of sp³-hybridized carbons (Fsp3) is 0.333. The molecular formula is C12H14N2O3S. The van der Waals surface area contributed by atoms with Gasteiger partial charge in [-0.3, -0.25) is 4.79 Å². The first-order valence-corrected chi connectivity index (χ1v) is 5.98. The molecule has 1 heterocycles. The van der Waals surface area contributed by atoms with Crippen LogP contribution in [0.4, 0.5) is 5.69 Å². The minimum Gasteiger partial charge on any atom is -0.389 e. The fourth-order valence-electron chi connectivity index (χ4n) is 1.61. The maximum absolute atomic E-state index is 11.9. The summed E-state index contributed by atoms with van der Waals surface area (Å²) in [5.41, 5.74) is 6.88. The molecule has 1 unspecified atom stereocenters. The van der Waals surface area contributed by atoms with E-state index < -0.39 is 6.10 Å². The third-order valence-electron chi connectivity index (χ3n) is 2.52. The average Bonchev–Trinajstić information content (AvgIpc) is 2.40. The van der Waals surface area contributed by atoms with Crippen molar-refractivity contribution in [1.29, 1.82) is 0 Å². The van der Waals surface area contributed by atoms with E-state index >= 15 is 0 Å². The van der Waals surface area contributed by atoms with Crippen molar-refractivity contribution in [3.63, 3.8) is 0 Å². The van der Waals surface area contributed by atoms with Crippen LogP contribution in [0.5, 0.6) is 0 Å². The molecule has 1 aliphatic rings. The van der Waals surface area contributed by atoms with Crippen LogP contribution in [-0.2, 0) is 14.3 Å². The van der Waals surface area contributed by atoms with Crippen LogP contribution in [0, 0.1) is 0 Å². The van der Waals surface area contributed by atoms with E-state index in [0.717, 1.165) is 0 Å². The van der Waals surface area contributed by atoms with E-state index in [9.17, 15) is 4.79 Å². The Hall–Kier alpha value is -1.50. The second kappa shape index (κ2) is 5.90. The third kappa shape index (κ3) is 3.25. The first-order chi connectivity index (χ1) is 8.66. The predicted molar refractivity (Wildman–Crippen MR) is 71.5 cm³/mol. The molecule has 0 radical (unpaired) electrons. The molecule has 1 aromatic rings. The van der Waals surface area contributed by atoms with E-state index in [1.807, 2.05) is 0 Å². The summed E-state index contributed by atoms with van der Waals surface area (Å²) in [5.74, 6) is -0.227. The van der Waals surface area contributed by atoms with Gasteiger partial charge in [0.1, 0.15) is 4.99 Å². The van der Waals surface area contributed by atoms with Crippen molar-refractivity contribution < 1.29 is 14.3 Å². The molecule has 5 nitrogen and oxygen atoms in total. The Bertz CT molecular complexity index is 458. The molecule has 0 saturated carbocycles. The van der Waals surface area contributed by atoms with Crippen molar-refractivity contribution >= 4 is 28.8 Å². The van der Waals surface area contributed by atoms with E-state index in [1.165, 1.54) is 0 Å². The van der Waals surface area contributed by atoms with Gasteiger partial charge in [-0.25, -0.2) is 0 Å². The van der Waals surface area contributed by atoms with Crippen molar-refractivity contribution in [2.75, 3.05) is 25.1 Å². The zero-order valence-electron chi connectivity index (χ0n) is 9.72. The van der Waals surface area contributed by atoms with Gasteiger partial charge in [0, 0.05) is 11.3 Å². The summed E-state index contributed by atoms with van der Waals surface area (Å²) in [6.45, 7) is 1.24. The average molecular weight is 266 g/mol. The van der Waals surface area contributed by atoms with E-state index in [-0.39, 0.29) is 12.5 Å². The molecule has 3 N–H and O–H groups in total. The summed E-state index contributed by atoms with van der Waals surface area (Å²) in [7, 11) is 0. The normalized spacial score (nSPS) is 19.2. The Morgan fingerprint density at radius 3 is 2.94 bits per heavy atom. The number of nitrogens with one attached hydrogen (secondary N) is 1. The Morgan fingerprint density at radius 2 is 2.28 bits per heavy atom. The smallest absolute Gasteiger partial charge is 0.255 e. The molecule has 0 bridgehead atoms. The lowest BCUT2D eigenvalue weighted by Crippen LogP contribution is -2.39. The summed E-state index contributed by atoms with van der Waals surface area (Å²) in [6, 6.07) is 7.06. The SMILES string of the molecule is NC(=S)c1cccc(NC(=O)C2COCCO2)c1. The minimum absolute atomic E-state index is 0.227. The molecule has 0 aromatic heterocycles. The van der Waals surface area contributed by atoms with E-state index in [4.69, 9.17) is 27.4 Å². The van der Waals surface area contributed by atoms with Crippen LogP contribution in [0.25, 0.3) is 0 Å². The molecule has 96 valence electrons. The molecule has 18 heavy (non-hydrogen) atoms. The molecule has 6 heteroatoms. The zero-order valence-corrected chi connectivity index (χ0v) is 10.5. The van der Waals surface area contributed by atoms with E-state index in [2.05, 4.69) is 5.32 Å². The topological polar surface area (TPSA) is 73.6 Å². The highest BCUT2D eigenvalue weighted by Crippen LogP contribution is 2.12. The molecule has 0 aliphatic carbocycles. The Kier molecular flexibility index (Phi) is 4.24. The number of benzene rings is 1. The van der Waals surface area contributed by atoms with Gasteiger partial charge >= 0.3 is 0 Å². The number of anilines is 1. The summed E-state index contributed by atoms with van der Waals surface area (Å²) < 4.78 is 10.5. The highest BCUT2D eigenvalue weighted by molar-refractivity contribution is 7.80. The highest BCUT2D eigenvalue weighted by atomic mass is 32.1. The third-order valence-corrected chi connectivity index (χ3v) is 2.76. The van der Waals surface area contributed by atoms with Gasteiger partial charge in [0.2, 0.25) is 0 Å². The lowest BCUT2D eigenvalue weighted by molar-refractivity contribution is -0.142. The Morgan fingerprint density at radius 1 is 1.44 bits per heavy atom. The molecule has 1 fully saturated rings. The van der Waals surface area contributed by atoms with Crippen LogP contribution >= 0.6 is 12.2 Å². The molecule has 0 spiro atoms. The van der Waals surface area contributed by atoms with Crippen LogP contribution < -0.4 is 11.1 Å². The van der Waals surface area contributed by atoms with Crippen molar-refractivity contribution in [3.05, 3.63) is 29.8 Å². The number of carbonyl (C=O) groups excluding carboxylic acids is 1. The number of nitrogens with two attached hydrogens (primary N) is 1. The number of rotatable bonds is 3. The molecule has 1 atom stereocenters. The van der Waals surface area contributed by atoms with Gasteiger partial charge in [-0.15, -0.1) is 0 Å². The number of thiocarbonyl (C=S) groups is 1. The molecule has 2 rings (SSSR count). The first kappa shape index (κ1) is 12.9. The van der Waals surface area contributed by atoms with Crippen LogP contribution in [0.1, 0.15) is 5.56 Å². The molecule has 1 aliphatic heterocycles. The maximum atomic E-state index is 11.9. The lowest BCUT2D eigenvalue weighted by Gasteiger charge is -2.22. The summed E-state index contributed by atoms with van der Waals surface area (Å²) in [5, 5.41) is 2.75. The molecule has 1 saturated heterocycles. The summed E-state index contributed by atoms with van der Waals surface area (Å²) in [4.78, 5) is 12.2. The number of amides is 1. The number of carbonyl (C=O) groups is 1. The minimum atomic E-state index is -0.563. The number of hydrogen-bond donors (Lipinski definition) is 2. The van der Waals surface area contributed by atoms with Gasteiger partial charge in [0.15, 0.2) is 6.10 Å². The maximum Gasteiger partial charge on any atom is 0.255 e. The van der Waals surface area contributed by atoms with Crippen molar-refractivity contribution in [3.8, 4) is 0 Å². The van der Waals surface area contributed by atoms with E-state index in [1.54, 1.807) is 24.3 Å². The van der Waals surface area contributed by atoms with Gasteiger partial charge in [-0.05, 0) is 12.1 Å². The van der Waals surface area contributed by atoms with Crippen molar-refractivity contribution in [1.82, 2.24) is 0 Å². The quantitative estimate of drug-likeness (QED) is 0.787. The van der Waals surface area contributed by atoms with Gasteiger partial charge in [0.05, 0.1) is 19.8 Å². The molecular weight excluding hydrogens is 252 g/mol. The Balaban J connectivity index is 2.02. The lowest BCUT2D eigenvalue weighted by atomic mass is 10.2.